The van der Waals surface area contributed by atoms with Crippen LogP contribution in [0, 0.1) is 5.92 Å². The first-order valence-electron chi connectivity index (χ1n) is 5.99. The summed E-state index contributed by atoms with van der Waals surface area (Å²) in [7, 11) is 2.82. The van der Waals surface area contributed by atoms with Gasteiger partial charge >= 0.3 is 0 Å². The van der Waals surface area contributed by atoms with Gasteiger partial charge in [0.05, 0.1) is 0 Å². The van der Waals surface area contributed by atoms with E-state index in [9.17, 15) is 0 Å². The third kappa shape index (κ3) is 2.68. The van der Waals surface area contributed by atoms with Gasteiger partial charge in [-0.1, -0.05) is 16.3 Å². The lowest BCUT2D eigenvalue weighted by Crippen LogP contribution is -2.48. The predicted molar refractivity (Wildman–Crippen MR) is 64.3 cm³/mol. The largest absolute Gasteiger partial charge is 0.298 e. The fourth-order valence-electron chi connectivity index (χ4n) is 2.71. The minimum atomic E-state index is 0.907. The summed E-state index contributed by atoms with van der Waals surface area (Å²) in [5.41, 5.74) is 0. The Labute approximate surface area is 90.3 Å². The van der Waals surface area contributed by atoms with Gasteiger partial charge < -0.3 is 0 Å². The smallest absolute Gasteiger partial charge is 0.0145 e. The molecule has 0 radical (unpaired) electrons. The Morgan fingerprint density at radius 3 is 2.07 bits per heavy atom. The first kappa shape index (κ1) is 10.9. The average molecular weight is 214 g/mol. The Balaban J connectivity index is 1.78. The zero-order valence-corrected chi connectivity index (χ0v) is 10.4. The number of rotatable bonds is 1. The van der Waals surface area contributed by atoms with Gasteiger partial charge in [-0.2, -0.15) is 0 Å². The molecule has 1 unspecified atom stereocenters. The lowest BCUT2D eigenvalue weighted by molar-refractivity contribution is 0.104. The summed E-state index contributed by atoms with van der Waals surface area (Å²) < 4.78 is 2.36. The topological polar surface area (TPSA) is 6.48 Å². The fourth-order valence-corrected chi connectivity index (χ4v) is 2.94. The second-order valence-electron chi connectivity index (χ2n) is 4.99. The number of hydrogen-bond donors (Lipinski definition) is 0. The molecule has 0 N–H and O–H groups in total. The van der Waals surface area contributed by atoms with Crippen LogP contribution in [-0.4, -0.2) is 41.8 Å². The van der Waals surface area contributed by atoms with E-state index < -0.39 is 0 Å². The highest BCUT2D eigenvalue weighted by Gasteiger charge is 2.25. The van der Waals surface area contributed by atoms with E-state index in [4.69, 9.17) is 0 Å². The van der Waals surface area contributed by atoms with Gasteiger partial charge in [0.1, 0.15) is 0 Å². The highest BCUT2D eigenvalue weighted by Crippen LogP contribution is 2.27. The van der Waals surface area contributed by atoms with Crippen LogP contribution >= 0.6 is 9.39 Å². The van der Waals surface area contributed by atoms with Crippen LogP contribution in [-0.2, 0) is 0 Å². The summed E-state index contributed by atoms with van der Waals surface area (Å²) in [5.74, 6) is 0.981. The van der Waals surface area contributed by atoms with Crippen molar-refractivity contribution in [3.05, 3.63) is 0 Å². The van der Waals surface area contributed by atoms with Crippen molar-refractivity contribution in [3.8, 4) is 0 Å². The van der Waals surface area contributed by atoms with E-state index in [-0.39, 0.29) is 0 Å². The van der Waals surface area contributed by atoms with Crippen molar-refractivity contribution in [1.82, 2.24) is 9.57 Å². The molecular weight excluding hydrogens is 191 g/mol. The fraction of sp³-hybridized carbons (Fsp3) is 1.00. The normalized spacial score (nSPS) is 37.3. The van der Waals surface area contributed by atoms with E-state index in [1.54, 1.807) is 0 Å². The third-order valence-corrected chi connectivity index (χ3v) is 4.37. The van der Waals surface area contributed by atoms with E-state index in [1.165, 1.54) is 51.9 Å². The molecule has 1 aliphatic heterocycles. The van der Waals surface area contributed by atoms with Crippen molar-refractivity contribution in [2.75, 3.05) is 26.2 Å². The van der Waals surface area contributed by atoms with Gasteiger partial charge in [0.25, 0.3) is 0 Å². The van der Waals surface area contributed by atoms with Gasteiger partial charge in [0.2, 0.25) is 0 Å². The van der Waals surface area contributed by atoms with Gasteiger partial charge in [0.15, 0.2) is 0 Å². The molecule has 3 heteroatoms. The molecule has 0 aromatic heterocycles. The summed E-state index contributed by atoms with van der Waals surface area (Å²) in [4.78, 5) is 2.71. The lowest BCUT2D eigenvalue weighted by atomic mass is 9.86. The van der Waals surface area contributed by atoms with Crippen LogP contribution in [0.1, 0.15) is 32.6 Å². The summed E-state index contributed by atoms with van der Waals surface area (Å²) >= 11 is 0. The Hall–Kier alpha value is 0.350. The summed E-state index contributed by atoms with van der Waals surface area (Å²) in [6.45, 7) is 7.43. The number of piperazine rings is 1. The van der Waals surface area contributed by atoms with E-state index in [1.807, 2.05) is 0 Å². The Bertz CT molecular complexity index is 150. The van der Waals surface area contributed by atoms with Gasteiger partial charge in [-0.05, 0) is 31.6 Å². The standard InChI is InChI=1S/C11H23N2P/c1-10-2-4-11(5-3-10)12-6-8-13(14)9-7-12/h10-11H,2-9,14H2,1H3. The first-order valence-corrected chi connectivity index (χ1v) is 6.51. The summed E-state index contributed by atoms with van der Waals surface area (Å²) in [5, 5.41) is 0. The maximum atomic E-state index is 2.82. The Morgan fingerprint density at radius 1 is 0.929 bits per heavy atom. The molecule has 0 spiro atoms. The first-order chi connectivity index (χ1) is 6.75. The third-order valence-electron chi connectivity index (χ3n) is 3.85. The molecule has 0 bridgehead atoms. The Morgan fingerprint density at radius 2 is 1.50 bits per heavy atom. The highest BCUT2D eigenvalue weighted by atomic mass is 31.0. The van der Waals surface area contributed by atoms with E-state index in [2.05, 4.69) is 25.9 Å². The molecule has 0 aromatic carbocycles. The predicted octanol–water partition coefficient (Wildman–Crippen LogP) is 1.97. The molecular formula is C11H23N2P. The van der Waals surface area contributed by atoms with Crippen molar-refractivity contribution >= 4 is 9.39 Å². The van der Waals surface area contributed by atoms with Crippen molar-refractivity contribution in [3.63, 3.8) is 0 Å². The van der Waals surface area contributed by atoms with E-state index in [0.717, 1.165) is 12.0 Å². The molecule has 14 heavy (non-hydrogen) atoms. The van der Waals surface area contributed by atoms with Crippen molar-refractivity contribution in [1.29, 1.82) is 0 Å². The molecule has 1 heterocycles. The van der Waals surface area contributed by atoms with Gasteiger partial charge in [-0.3, -0.25) is 9.57 Å². The molecule has 0 amide bonds. The maximum absolute atomic E-state index is 2.82. The molecule has 2 aliphatic rings. The monoisotopic (exact) mass is 214 g/mol. The molecule has 82 valence electrons. The summed E-state index contributed by atoms with van der Waals surface area (Å²) in [6, 6.07) is 0.907. The molecule has 2 nitrogen and oxygen atoms in total. The summed E-state index contributed by atoms with van der Waals surface area (Å²) in [6.07, 6.45) is 5.79. The number of nitrogens with zero attached hydrogens (tertiary/aromatic N) is 2. The van der Waals surface area contributed by atoms with Crippen LogP contribution in [0.25, 0.3) is 0 Å². The SMILES string of the molecule is CC1CCC(N2CCN(P)CC2)CC1. The Kier molecular flexibility index (Phi) is 3.81. The molecule has 1 aliphatic carbocycles. The van der Waals surface area contributed by atoms with E-state index >= 15 is 0 Å². The zero-order chi connectivity index (χ0) is 9.97. The van der Waals surface area contributed by atoms with Crippen molar-refractivity contribution in [2.45, 2.75) is 38.6 Å². The molecule has 1 atom stereocenters. The van der Waals surface area contributed by atoms with Crippen LogP contribution in [0.3, 0.4) is 0 Å². The average Bonchev–Trinajstić information content (AvgIpc) is 2.21. The van der Waals surface area contributed by atoms with Crippen molar-refractivity contribution < 1.29 is 0 Å². The molecule has 2 rings (SSSR count). The highest BCUT2D eigenvalue weighted by molar-refractivity contribution is 7.13. The quantitative estimate of drug-likeness (QED) is 0.616. The van der Waals surface area contributed by atoms with Gasteiger partial charge in [-0.15, -0.1) is 0 Å². The molecule has 0 aromatic rings. The zero-order valence-electron chi connectivity index (χ0n) is 9.28. The molecule has 1 saturated carbocycles. The van der Waals surface area contributed by atoms with Crippen LogP contribution in [0.15, 0.2) is 0 Å². The van der Waals surface area contributed by atoms with Crippen molar-refractivity contribution in [2.24, 2.45) is 5.92 Å². The van der Waals surface area contributed by atoms with Crippen LogP contribution < -0.4 is 0 Å². The minimum absolute atomic E-state index is 0.907. The maximum Gasteiger partial charge on any atom is 0.0145 e. The lowest BCUT2D eigenvalue weighted by Gasteiger charge is -2.40. The van der Waals surface area contributed by atoms with Gasteiger partial charge in [0, 0.05) is 32.2 Å². The van der Waals surface area contributed by atoms with Crippen LogP contribution in [0.2, 0.25) is 0 Å². The minimum Gasteiger partial charge on any atom is -0.298 e. The molecule has 2 fully saturated rings. The van der Waals surface area contributed by atoms with Crippen LogP contribution in [0.4, 0.5) is 0 Å². The van der Waals surface area contributed by atoms with Gasteiger partial charge in [-0.25, -0.2) is 0 Å². The van der Waals surface area contributed by atoms with Crippen LogP contribution in [0.5, 0.6) is 0 Å². The second kappa shape index (κ2) is 4.92. The molecule has 1 saturated heterocycles. The number of hydrogen-bond acceptors (Lipinski definition) is 2. The van der Waals surface area contributed by atoms with E-state index in [0.29, 0.717) is 0 Å². The second-order valence-corrected chi connectivity index (χ2v) is 5.72.